The zero-order valence-electron chi connectivity index (χ0n) is 12.1. The van der Waals surface area contributed by atoms with Gasteiger partial charge in [0, 0.05) is 18.6 Å². The molecule has 0 radical (unpaired) electrons. The molecule has 6 heteroatoms. The van der Waals surface area contributed by atoms with Crippen LogP contribution in [0.5, 0.6) is 0 Å². The number of rotatable bonds is 5. The Labute approximate surface area is 123 Å². The Morgan fingerprint density at radius 1 is 1.60 bits per heavy atom. The largest absolute Gasteiger partial charge is 0.381 e. The van der Waals surface area contributed by atoms with E-state index in [1.165, 1.54) is 0 Å². The van der Waals surface area contributed by atoms with E-state index in [9.17, 15) is 4.79 Å². The summed E-state index contributed by atoms with van der Waals surface area (Å²) >= 11 is 1.63. The molecule has 1 saturated heterocycles. The molecule has 0 saturated carbocycles. The van der Waals surface area contributed by atoms with Crippen LogP contribution in [0.2, 0.25) is 0 Å². The smallest absolute Gasteiger partial charge is 0.237 e. The second-order valence-corrected chi connectivity index (χ2v) is 6.17. The van der Waals surface area contributed by atoms with Crippen LogP contribution in [0.4, 0.5) is 0 Å². The summed E-state index contributed by atoms with van der Waals surface area (Å²) in [6.07, 6.45) is 2.65. The number of aromatic nitrogens is 1. The molecule has 2 atom stereocenters. The van der Waals surface area contributed by atoms with Crippen molar-refractivity contribution in [2.45, 2.75) is 45.2 Å². The second-order valence-electron chi connectivity index (χ2n) is 5.23. The zero-order valence-corrected chi connectivity index (χ0v) is 12.9. The van der Waals surface area contributed by atoms with Gasteiger partial charge < -0.3 is 15.8 Å². The molecule has 2 rings (SSSR count). The maximum absolute atomic E-state index is 12.2. The highest BCUT2D eigenvalue weighted by atomic mass is 32.1. The van der Waals surface area contributed by atoms with E-state index in [4.69, 9.17) is 10.5 Å². The Kier molecular flexibility index (Phi) is 5.51. The minimum Gasteiger partial charge on any atom is -0.381 e. The molecule has 2 heterocycles. The van der Waals surface area contributed by atoms with E-state index in [1.807, 2.05) is 12.3 Å². The number of nitrogens with two attached hydrogens (primary N) is 1. The van der Waals surface area contributed by atoms with E-state index in [2.05, 4.69) is 17.2 Å². The molecular weight excluding hydrogens is 274 g/mol. The second kappa shape index (κ2) is 7.15. The lowest BCUT2D eigenvalue weighted by atomic mass is 9.91. The molecule has 5 nitrogen and oxygen atoms in total. The highest BCUT2D eigenvalue weighted by Crippen LogP contribution is 2.20. The predicted molar refractivity (Wildman–Crippen MR) is 79.6 cm³/mol. The van der Waals surface area contributed by atoms with Gasteiger partial charge in [0.25, 0.3) is 0 Å². The first-order valence-electron chi connectivity index (χ1n) is 7.19. The number of hydrogen-bond donors (Lipinski definition) is 2. The van der Waals surface area contributed by atoms with E-state index in [0.717, 1.165) is 30.0 Å². The molecule has 1 aromatic rings. The van der Waals surface area contributed by atoms with Gasteiger partial charge in [0.2, 0.25) is 5.91 Å². The van der Waals surface area contributed by atoms with Crippen molar-refractivity contribution in [3.8, 4) is 0 Å². The summed E-state index contributed by atoms with van der Waals surface area (Å²) in [4.78, 5) is 16.7. The number of nitrogens with zero attached hydrogens (tertiary/aromatic N) is 1. The maximum Gasteiger partial charge on any atom is 0.237 e. The Bertz CT molecular complexity index is 443. The first-order chi connectivity index (χ1) is 9.61. The van der Waals surface area contributed by atoms with E-state index in [-0.39, 0.29) is 17.9 Å². The molecular formula is C14H23N3O2S. The highest BCUT2D eigenvalue weighted by molar-refractivity contribution is 7.09. The maximum atomic E-state index is 12.2. The highest BCUT2D eigenvalue weighted by Gasteiger charge is 2.27. The molecule has 20 heavy (non-hydrogen) atoms. The van der Waals surface area contributed by atoms with Gasteiger partial charge in [-0.2, -0.15) is 0 Å². The van der Waals surface area contributed by atoms with Gasteiger partial charge in [-0.15, -0.1) is 11.3 Å². The number of carbonyl (C=O) groups excluding carboxylic acids is 1. The van der Waals surface area contributed by atoms with Gasteiger partial charge in [-0.1, -0.05) is 6.92 Å². The van der Waals surface area contributed by atoms with Crippen molar-refractivity contribution in [3.63, 3.8) is 0 Å². The van der Waals surface area contributed by atoms with Gasteiger partial charge in [-0.05, 0) is 32.1 Å². The van der Waals surface area contributed by atoms with Crippen LogP contribution in [0, 0.1) is 5.92 Å². The molecule has 1 aliphatic heterocycles. The molecule has 1 fully saturated rings. The van der Waals surface area contributed by atoms with Crippen molar-refractivity contribution in [1.82, 2.24) is 10.3 Å². The zero-order chi connectivity index (χ0) is 14.5. The fourth-order valence-corrected chi connectivity index (χ4v) is 3.20. The molecule has 0 bridgehead atoms. The summed E-state index contributed by atoms with van der Waals surface area (Å²) in [5.41, 5.74) is 6.98. The van der Waals surface area contributed by atoms with Crippen molar-refractivity contribution in [3.05, 3.63) is 16.1 Å². The lowest BCUT2D eigenvalue weighted by Crippen LogP contribution is -2.47. The third kappa shape index (κ3) is 3.77. The Morgan fingerprint density at radius 3 is 2.90 bits per heavy atom. The Morgan fingerprint density at radius 2 is 2.30 bits per heavy atom. The SMILES string of the molecule is CCc1nc(C(C)NC(=O)C(N)C2CCOCC2)cs1. The molecule has 0 aliphatic carbocycles. The first-order valence-corrected chi connectivity index (χ1v) is 8.07. The summed E-state index contributed by atoms with van der Waals surface area (Å²) in [5, 5.41) is 6.07. The Balaban J connectivity index is 1.89. The Hall–Kier alpha value is -0.980. The van der Waals surface area contributed by atoms with Crippen LogP contribution < -0.4 is 11.1 Å². The minimum absolute atomic E-state index is 0.0875. The summed E-state index contributed by atoms with van der Waals surface area (Å²) in [7, 11) is 0. The van der Waals surface area contributed by atoms with Gasteiger partial charge in [0.05, 0.1) is 22.8 Å². The van der Waals surface area contributed by atoms with Gasteiger partial charge in [0.15, 0.2) is 0 Å². The number of thiazole rings is 1. The number of hydrogen-bond acceptors (Lipinski definition) is 5. The third-order valence-corrected chi connectivity index (χ3v) is 4.76. The monoisotopic (exact) mass is 297 g/mol. The van der Waals surface area contributed by atoms with Crippen LogP contribution >= 0.6 is 11.3 Å². The van der Waals surface area contributed by atoms with Crippen LogP contribution in [-0.4, -0.2) is 30.1 Å². The van der Waals surface area contributed by atoms with Gasteiger partial charge in [0.1, 0.15) is 0 Å². The molecule has 1 aromatic heterocycles. The van der Waals surface area contributed by atoms with Crippen molar-refractivity contribution >= 4 is 17.2 Å². The van der Waals surface area contributed by atoms with Crippen LogP contribution in [-0.2, 0) is 16.0 Å². The first kappa shape index (κ1) is 15.4. The van der Waals surface area contributed by atoms with Crippen LogP contribution in [0.15, 0.2) is 5.38 Å². The van der Waals surface area contributed by atoms with Crippen molar-refractivity contribution in [1.29, 1.82) is 0 Å². The molecule has 3 N–H and O–H groups in total. The average Bonchev–Trinajstić information content (AvgIpc) is 2.96. The molecule has 1 amide bonds. The van der Waals surface area contributed by atoms with Crippen molar-refractivity contribution in [2.75, 3.05) is 13.2 Å². The number of carbonyl (C=O) groups is 1. The van der Waals surface area contributed by atoms with Gasteiger partial charge in [-0.25, -0.2) is 4.98 Å². The molecule has 112 valence electrons. The summed E-state index contributed by atoms with van der Waals surface area (Å²) in [6.45, 7) is 5.43. The lowest BCUT2D eigenvalue weighted by molar-refractivity contribution is -0.125. The number of ether oxygens (including phenoxy) is 1. The number of amides is 1. The summed E-state index contributed by atoms with van der Waals surface area (Å²) in [6, 6.07) is -0.546. The normalized spacial score (nSPS) is 19.6. The average molecular weight is 297 g/mol. The van der Waals surface area contributed by atoms with E-state index >= 15 is 0 Å². The van der Waals surface area contributed by atoms with Crippen LogP contribution in [0.25, 0.3) is 0 Å². The predicted octanol–water partition coefficient (Wildman–Crippen LogP) is 1.64. The molecule has 1 aliphatic rings. The molecule has 0 aromatic carbocycles. The van der Waals surface area contributed by atoms with E-state index in [0.29, 0.717) is 13.2 Å². The topological polar surface area (TPSA) is 77.2 Å². The number of aryl methyl sites for hydroxylation is 1. The minimum atomic E-state index is -0.453. The quantitative estimate of drug-likeness (QED) is 0.866. The van der Waals surface area contributed by atoms with Gasteiger partial charge >= 0.3 is 0 Å². The molecule has 0 spiro atoms. The van der Waals surface area contributed by atoms with Crippen LogP contribution in [0.1, 0.15) is 43.4 Å². The third-order valence-electron chi connectivity index (χ3n) is 3.75. The van der Waals surface area contributed by atoms with E-state index < -0.39 is 6.04 Å². The molecule has 2 unspecified atom stereocenters. The fourth-order valence-electron chi connectivity index (χ4n) is 2.36. The van der Waals surface area contributed by atoms with Gasteiger partial charge in [-0.3, -0.25) is 4.79 Å². The van der Waals surface area contributed by atoms with Crippen LogP contribution in [0.3, 0.4) is 0 Å². The standard InChI is InChI=1S/C14H23N3O2S/c1-3-12-17-11(8-20-12)9(2)16-14(18)13(15)10-4-6-19-7-5-10/h8-10,13H,3-7,15H2,1-2H3,(H,16,18). The summed E-state index contributed by atoms with van der Waals surface area (Å²) < 4.78 is 5.30. The lowest BCUT2D eigenvalue weighted by Gasteiger charge is -2.27. The summed E-state index contributed by atoms with van der Waals surface area (Å²) in [5.74, 6) is 0.132. The van der Waals surface area contributed by atoms with Crippen molar-refractivity contribution < 1.29 is 9.53 Å². The van der Waals surface area contributed by atoms with E-state index in [1.54, 1.807) is 11.3 Å². The van der Waals surface area contributed by atoms with Crippen molar-refractivity contribution in [2.24, 2.45) is 11.7 Å². The fraction of sp³-hybridized carbons (Fsp3) is 0.714. The number of nitrogens with one attached hydrogen (secondary N) is 1.